The number of primary amides is 1. The number of amides is 2. The largest absolute Gasteiger partial charge is 0.368 e. The van der Waals surface area contributed by atoms with Crippen LogP contribution >= 0.6 is 0 Å². The van der Waals surface area contributed by atoms with Gasteiger partial charge in [0.2, 0.25) is 5.91 Å². The van der Waals surface area contributed by atoms with Crippen LogP contribution in [0.25, 0.3) is 5.78 Å². The lowest BCUT2D eigenvalue weighted by atomic mass is 10.1. The number of ketones is 1. The van der Waals surface area contributed by atoms with Crippen molar-refractivity contribution in [2.24, 2.45) is 5.73 Å². The van der Waals surface area contributed by atoms with Crippen molar-refractivity contribution in [3.8, 4) is 0 Å². The van der Waals surface area contributed by atoms with Crippen molar-refractivity contribution in [3.05, 3.63) is 58.9 Å². The molecule has 4 rings (SSSR count). The summed E-state index contributed by atoms with van der Waals surface area (Å²) in [5.74, 6) is -1.05. The molecule has 0 aliphatic carbocycles. The monoisotopic (exact) mass is 441 g/mol. The van der Waals surface area contributed by atoms with Crippen LogP contribution in [0, 0.1) is 12.7 Å². The number of fused-ring (bicyclic) bond motifs is 1. The molecule has 2 amide bonds. The van der Waals surface area contributed by atoms with Crippen molar-refractivity contribution < 1.29 is 18.8 Å². The number of aryl methyl sites for hydroxylation is 1. The number of carbonyl (C=O) groups excluding carboxylic acids is 3. The van der Waals surface area contributed by atoms with E-state index in [9.17, 15) is 18.8 Å². The van der Waals surface area contributed by atoms with Crippen molar-refractivity contribution in [3.63, 3.8) is 0 Å². The van der Waals surface area contributed by atoms with E-state index in [4.69, 9.17) is 5.73 Å². The molecule has 0 unspecified atom stereocenters. The van der Waals surface area contributed by atoms with Gasteiger partial charge in [0.25, 0.3) is 11.7 Å². The highest BCUT2D eigenvalue weighted by atomic mass is 19.1. The summed E-state index contributed by atoms with van der Waals surface area (Å²) in [7, 11) is 0. The minimum Gasteiger partial charge on any atom is -0.368 e. The van der Waals surface area contributed by atoms with E-state index in [2.05, 4.69) is 25.7 Å². The number of aromatic nitrogens is 4. The van der Waals surface area contributed by atoms with Gasteiger partial charge in [-0.25, -0.2) is 9.37 Å². The van der Waals surface area contributed by atoms with Crippen LogP contribution in [0.5, 0.6) is 0 Å². The third kappa shape index (κ3) is 5.49. The predicted molar refractivity (Wildman–Crippen MR) is 113 cm³/mol. The van der Waals surface area contributed by atoms with Gasteiger partial charge in [0.1, 0.15) is 23.5 Å². The second-order valence-electron chi connectivity index (χ2n) is 7.37. The van der Waals surface area contributed by atoms with Gasteiger partial charge in [-0.15, -0.1) is 0 Å². The fraction of sp³-hybridized carbons (Fsp3) is 0.333. The summed E-state index contributed by atoms with van der Waals surface area (Å²) in [6.45, 7) is 4.18. The molecule has 10 nitrogen and oxygen atoms in total. The highest BCUT2D eigenvalue weighted by molar-refractivity contribution is 5.98. The summed E-state index contributed by atoms with van der Waals surface area (Å²) in [6.07, 6.45) is 3.25. The maximum Gasteiger partial charge on any atom is 0.270 e. The maximum absolute atomic E-state index is 13.3. The van der Waals surface area contributed by atoms with Gasteiger partial charge in [0, 0.05) is 13.5 Å². The van der Waals surface area contributed by atoms with Crippen LogP contribution in [0.2, 0.25) is 0 Å². The third-order valence-corrected chi connectivity index (χ3v) is 4.92. The summed E-state index contributed by atoms with van der Waals surface area (Å²) < 4.78 is 14.5. The van der Waals surface area contributed by atoms with Crippen molar-refractivity contribution in [1.29, 1.82) is 0 Å². The van der Waals surface area contributed by atoms with Gasteiger partial charge < -0.3 is 16.4 Å². The number of hydrogen-bond acceptors (Lipinski definition) is 7. The van der Waals surface area contributed by atoms with Crippen molar-refractivity contribution in [2.45, 2.75) is 39.3 Å². The Morgan fingerprint density at radius 2 is 2.09 bits per heavy atom. The Balaban J connectivity index is 0.000000305. The highest BCUT2D eigenvalue weighted by Gasteiger charge is 2.18. The van der Waals surface area contributed by atoms with E-state index in [-0.39, 0.29) is 47.3 Å². The smallest absolute Gasteiger partial charge is 0.270 e. The molecule has 4 N–H and O–H groups in total. The molecule has 1 aromatic carbocycles. The summed E-state index contributed by atoms with van der Waals surface area (Å²) in [4.78, 5) is 42.4. The molecule has 11 heteroatoms. The highest BCUT2D eigenvalue weighted by Crippen LogP contribution is 2.10. The quantitative estimate of drug-likeness (QED) is 0.500. The molecule has 0 bridgehead atoms. The number of nitrogens with one attached hydrogen (secondary N) is 2. The van der Waals surface area contributed by atoms with Crippen LogP contribution in [0.3, 0.4) is 0 Å². The van der Waals surface area contributed by atoms with E-state index in [1.165, 1.54) is 29.9 Å². The van der Waals surface area contributed by atoms with E-state index < -0.39 is 5.91 Å². The molecule has 32 heavy (non-hydrogen) atoms. The second kappa shape index (κ2) is 10.1. The number of rotatable bonds is 5. The van der Waals surface area contributed by atoms with E-state index in [1.54, 1.807) is 19.1 Å². The number of Topliss-reactive ketones (excluding diaryl/α,β-unsaturated/α-hetero) is 1. The van der Waals surface area contributed by atoms with Crippen molar-refractivity contribution >= 4 is 23.4 Å². The van der Waals surface area contributed by atoms with Crippen LogP contribution in [-0.2, 0) is 11.3 Å². The van der Waals surface area contributed by atoms with Gasteiger partial charge in [-0.2, -0.15) is 14.6 Å². The Hall–Kier alpha value is -3.73. The topological polar surface area (TPSA) is 144 Å². The van der Waals surface area contributed by atoms with E-state index in [1.807, 2.05) is 0 Å². The van der Waals surface area contributed by atoms with Crippen LogP contribution < -0.4 is 16.4 Å². The maximum atomic E-state index is 13.3. The standard InChI is InChI=1S/C16H14FN5O2.C5H10N2O/c1-9-5-11(3-4-12(9)17)7-18-15(24)13-6-14(10(2)23)22-16(21-13)19-8-20-22;6-5(8)4-2-1-3-7-4/h3-6,8H,7H2,1-2H3,(H,18,24);4,7H,1-3H2,(H2,6,8)/t;4-/m.0/s1. The first-order chi connectivity index (χ1) is 15.3. The average Bonchev–Trinajstić information content (AvgIpc) is 3.46. The summed E-state index contributed by atoms with van der Waals surface area (Å²) in [6, 6.07) is 5.93. The van der Waals surface area contributed by atoms with Gasteiger partial charge in [0.05, 0.1) is 6.04 Å². The van der Waals surface area contributed by atoms with Crippen LogP contribution in [0.15, 0.2) is 30.6 Å². The molecule has 3 heterocycles. The first kappa shape index (κ1) is 22.9. The average molecular weight is 441 g/mol. The van der Waals surface area contributed by atoms with Gasteiger partial charge in [0.15, 0.2) is 5.78 Å². The predicted octanol–water partition coefficient (Wildman–Crippen LogP) is 0.928. The molecule has 2 aromatic heterocycles. The summed E-state index contributed by atoms with van der Waals surface area (Å²) >= 11 is 0. The molecule has 1 aliphatic rings. The molecule has 0 radical (unpaired) electrons. The molecular formula is C21H24FN7O3. The van der Waals surface area contributed by atoms with E-state index in [0.717, 1.165) is 24.9 Å². The number of benzene rings is 1. The lowest BCUT2D eigenvalue weighted by Gasteiger charge is -2.07. The van der Waals surface area contributed by atoms with E-state index in [0.29, 0.717) is 5.56 Å². The number of halogens is 1. The van der Waals surface area contributed by atoms with Crippen LogP contribution in [-0.4, -0.2) is 49.8 Å². The molecule has 0 spiro atoms. The number of nitrogens with zero attached hydrogens (tertiary/aromatic N) is 4. The zero-order valence-electron chi connectivity index (χ0n) is 17.8. The Morgan fingerprint density at radius 3 is 2.69 bits per heavy atom. The Labute approximate surface area is 183 Å². The summed E-state index contributed by atoms with van der Waals surface area (Å²) in [5.41, 5.74) is 6.55. The lowest BCUT2D eigenvalue weighted by Crippen LogP contribution is -2.36. The Morgan fingerprint density at radius 1 is 1.31 bits per heavy atom. The molecule has 1 aliphatic heterocycles. The molecule has 1 saturated heterocycles. The molecule has 1 atom stereocenters. The van der Waals surface area contributed by atoms with Crippen LogP contribution in [0.4, 0.5) is 4.39 Å². The molecule has 168 valence electrons. The fourth-order valence-corrected chi connectivity index (χ4v) is 3.20. The first-order valence-corrected chi connectivity index (χ1v) is 10.0. The third-order valence-electron chi connectivity index (χ3n) is 4.92. The van der Waals surface area contributed by atoms with Gasteiger partial charge in [-0.05, 0) is 49.6 Å². The molecule has 1 fully saturated rings. The minimum atomic E-state index is -0.454. The van der Waals surface area contributed by atoms with Gasteiger partial charge in [-0.1, -0.05) is 12.1 Å². The number of carbonyl (C=O) groups is 3. The Bertz CT molecular complexity index is 1160. The fourth-order valence-electron chi connectivity index (χ4n) is 3.20. The van der Waals surface area contributed by atoms with Gasteiger partial charge in [-0.3, -0.25) is 14.4 Å². The van der Waals surface area contributed by atoms with Crippen LogP contribution in [0.1, 0.15) is 51.9 Å². The lowest BCUT2D eigenvalue weighted by molar-refractivity contribution is -0.119. The normalized spacial score (nSPS) is 15.2. The number of nitrogens with two attached hydrogens (primary N) is 1. The minimum absolute atomic E-state index is 0.0463. The molecule has 0 saturated carbocycles. The van der Waals surface area contributed by atoms with Crippen molar-refractivity contribution in [1.82, 2.24) is 30.2 Å². The number of hydrogen-bond donors (Lipinski definition) is 3. The Kier molecular flexibility index (Phi) is 7.21. The van der Waals surface area contributed by atoms with E-state index >= 15 is 0 Å². The SMILES string of the molecule is CC(=O)c1cc(C(=O)NCc2ccc(F)c(C)c2)nc2ncnn12.NC(=O)[C@@H]1CCCN1. The van der Waals surface area contributed by atoms with Crippen molar-refractivity contribution in [2.75, 3.05) is 6.54 Å². The molecular weight excluding hydrogens is 417 g/mol. The summed E-state index contributed by atoms with van der Waals surface area (Å²) in [5, 5.41) is 9.58. The first-order valence-electron chi connectivity index (χ1n) is 10.0. The van der Waals surface area contributed by atoms with Gasteiger partial charge >= 0.3 is 0 Å². The zero-order valence-corrected chi connectivity index (χ0v) is 17.8. The molecule has 3 aromatic rings. The zero-order chi connectivity index (χ0) is 23.3. The second-order valence-corrected chi connectivity index (χ2v) is 7.37.